The van der Waals surface area contributed by atoms with Gasteiger partial charge in [-0.1, -0.05) is 11.6 Å². The summed E-state index contributed by atoms with van der Waals surface area (Å²) in [6.07, 6.45) is 7.39. The Labute approximate surface area is 190 Å². The summed E-state index contributed by atoms with van der Waals surface area (Å²) in [5, 5.41) is 7.75. The lowest BCUT2D eigenvalue weighted by molar-refractivity contribution is -0.0303. The van der Waals surface area contributed by atoms with E-state index in [0.717, 1.165) is 18.4 Å². The van der Waals surface area contributed by atoms with Gasteiger partial charge in [-0.3, -0.25) is 9.48 Å². The van der Waals surface area contributed by atoms with Crippen LogP contribution in [0.5, 0.6) is 5.75 Å². The van der Waals surface area contributed by atoms with E-state index < -0.39 is 0 Å². The molecule has 5 rings (SSSR count). The minimum Gasteiger partial charge on any atom is -0.495 e. The Morgan fingerprint density at radius 3 is 2.72 bits per heavy atom. The third-order valence-electron chi connectivity index (χ3n) is 5.75. The van der Waals surface area contributed by atoms with Crippen LogP contribution >= 0.6 is 11.6 Å². The first kappa shape index (κ1) is 20.7. The number of aryl methyl sites for hydroxylation is 1. The van der Waals surface area contributed by atoms with Crippen molar-refractivity contribution in [1.29, 1.82) is 0 Å². The van der Waals surface area contributed by atoms with Crippen molar-refractivity contribution in [3.05, 3.63) is 47.4 Å². The fourth-order valence-electron chi connectivity index (χ4n) is 4.18. The number of amides is 1. The number of carbonyl (C=O) groups is 1. The maximum atomic E-state index is 13.0. The normalized spacial score (nSPS) is 19.8. The standard InChI is InChI=1S/C22H23ClN6O3/c1-28-10-14(8-25-28)20-17(23)9-24-22(27-20)26-18-6-3-13(7-19(18)31-2)21(30)29-11-15-4-5-16(12-29)32-15/h3,6-10,15-16H,4-5,11-12H2,1-2H3,(H,24,26,27)/t15-,16+. The molecule has 10 heteroatoms. The van der Waals surface area contributed by atoms with Crippen molar-refractivity contribution in [2.45, 2.75) is 25.0 Å². The molecule has 2 aromatic heterocycles. The Morgan fingerprint density at radius 1 is 1.25 bits per heavy atom. The molecule has 0 saturated carbocycles. The lowest BCUT2D eigenvalue weighted by Crippen LogP contribution is -2.45. The molecule has 32 heavy (non-hydrogen) atoms. The maximum Gasteiger partial charge on any atom is 0.254 e. The van der Waals surface area contributed by atoms with Crippen LogP contribution in [0.1, 0.15) is 23.2 Å². The Hall–Kier alpha value is -3.17. The summed E-state index contributed by atoms with van der Waals surface area (Å²) in [6, 6.07) is 5.31. The van der Waals surface area contributed by atoms with Gasteiger partial charge in [0.25, 0.3) is 5.91 Å². The van der Waals surface area contributed by atoms with Crippen molar-refractivity contribution in [2.75, 3.05) is 25.5 Å². The molecular formula is C22H23ClN6O3. The van der Waals surface area contributed by atoms with Gasteiger partial charge in [-0.05, 0) is 31.0 Å². The zero-order chi connectivity index (χ0) is 22.2. The molecule has 2 bridgehead atoms. The highest BCUT2D eigenvalue weighted by Crippen LogP contribution is 2.32. The molecule has 2 fully saturated rings. The van der Waals surface area contributed by atoms with Crippen LogP contribution in [0.25, 0.3) is 11.3 Å². The van der Waals surface area contributed by atoms with Crippen molar-refractivity contribution in [3.8, 4) is 17.0 Å². The highest BCUT2D eigenvalue weighted by molar-refractivity contribution is 6.32. The fourth-order valence-corrected chi connectivity index (χ4v) is 4.38. The van der Waals surface area contributed by atoms with Crippen molar-refractivity contribution < 1.29 is 14.3 Å². The average molecular weight is 455 g/mol. The van der Waals surface area contributed by atoms with Crippen molar-refractivity contribution in [1.82, 2.24) is 24.6 Å². The Bertz CT molecular complexity index is 1150. The molecule has 3 aromatic rings. The van der Waals surface area contributed by atoms with E-state index in [4.69, 9.17) is 21.1 Å². The summed E-state index contributed by atoms with van der Waals surface area (Å²) in [5.74, 6) is 0.862. The van der Waals surface area contributed by atoms with Gasteiger partial charge in [0, 0.05) is 37.5 Å². The van der Waals surface area contributed by atoms with Crippen LogP contribution in [0.3, 0.4) is 0 Å². The zero-order valence-electron chi connectivity index (χ0n) is 17.8. The number of likely N-dealkylation sites (tertiary alicyclic amines) is 1. The smallest absolute Gasteiger partial charge is 0.254 e. The van der Waals surface area contributed by atoms with Gasteiger partial charge in [-0.2, -0.15) is 5.10 Å². The number of morpholine rings is 1. The van der Waals surface area contributed by atoms with Crippen LogP contribution in [-0.2, 0) is 11.8 Å². The number of hydrogen-bond acceptors (Lipinski definition) is 7. The van der Waals surface area contributed by atoms with Crippen molar-refractivity contribution in [2.24, 2.45) is 7.05 Å². The van der Waals surface area contributed by atoms with Gasteiger partial charge >= 0.3 is 0 Å². The van der Waals surface area contributed by atoms with E-state index in [0.29, 0.717) is 46.8 Å². The molecule has 0 unspecified atom stereocenters. The minimum absolute atomic E-state index is 0.0170. The summed E-state index contributed by atoms with van der Waals surface area (Å²) >= 11 is 6.29. The number of benzene rings is 1. The van der Waals surface area contributed by atoms with Crippen LogP contribution in [0.15, 0.2) is 36.8 Å². The SMILES string of the molecule is COc1cc(C(=O)N2C[C@H]3CC[C@@H](C2)O3)ccc1Nc1ncc(Cl)c(-c2cnn(C)c2)n1. The monoisotopic (exact) mass is 454 g/mol. The predicted octanol–water partition coefficient (Wildman–Crippen LogP) is 3.29. The molecule has 4 heterocycles. The van der Waals surface area contributed by atoms with Gasteiger partial charge in [-0.25, -0.2) is 9.97 Å². The second kappa shape index (κ2) is 8.40. The zero-order valence-corrected chi connectivity index (χ0v) is 18.5. The van der Waals surface area contributed by atoms with Gasteiger partial charge in [0.2, 0.25) is 5.95 Å². The van der Waals surface area contributed by atoms with Crippen LogP contribution in [0.2, 0.25) is 5.02 Å². The number of fused-ring (bicyclic) bond motifs is 2. The van der Waals surface area contributed by atoms with Crippen LogP contribution in [0.4, 0.5) is 11.6 Å². The lowest BCUT2D eigenvalue weighted by Gasteiger charge is -2.32. The quantitative estimate of drug-likeness (QED) is 0.632. The molecule has 166 valence electrons. The third-order valence-corrected chi connectivity index (χ3v) is 6.02. The molecule has 1 N–H and O–H groups in total. The molecule has 2 aliphatic rings. The fraction of sp³-hybridized carbons (Fsp3) is 0.364. The summed E-state index contributed by atoms with van der Waals surface area (Å²) in [5.41, 5.74) is 2.58. The number of ether oxygens (including phenoxy) is 2. The van der Waals surface area contributed by atoms with Crippen molar-refractivity contribution >= 4 is 29.1 Å². The van der Waals surface area contributed by atoms with E-state index >= 15 is 0 Å². The Kier molecular flexibility index (Phi) is 5.44. The van der Waals surface area contributed by atoms with E-state index in [-0.39, 0.29) is 18.1 Å². The molecule has 1 aromatic carbocycles. The topological polar surface area (TPSA) is 94.4 Å². The molecule has 9 nitrogen and oxygen atoms in total. The van der Waals surface area contributed by atoms with Crippen LogP contribution in [0, 0.1) is 0 Å². The van der Waals surface area contributed by atoms with Crippen LogP contribution < -0.4 is 10.1 Å². The first-order chi connectivity index (χ1) is 15.5. The molecule has 0 radical (unpaired) electrons. The summed E-state index contributed by atoms with van der Waals surface area (Å²) in [4.78, 5) is 23.7. The van der Waals surface area contributed by atoms with Gasteiger partial charge in [-0.15, -0.1) is 0 Å². The van der Waals surface area contributed by atoms with E-state index in [1.807, 2.05) is 18.1 Å². The number of hydrogen-bond donors (Lipinski definition) is 1. The summed E-state index contributed by atoms with van der Waals surface area (Å²) < 4.78 is 13.1. The lowest BCUT2D eigenvalue weighted by atomic mass is 10.1. The van der Waals surface area contributed by atoms with E-state index in [1.165, 1.54) is 6.20 Å². The molecule has 2 atom stereocenters. The predicted molar refractivity (Wildman–Crippen MR) is 119 cm³/mol. The first-order valence-corrected chi connectivity index (χ1v) is 10.8. The number of halogens is 1. The number of aromatic nitrogens is 4. The molecule has 1 amide bonds. The number of rotatable bonds is 5. The van der Waals surface area contributed by atoms with Gasteiger partial charge in [0.15, 0.2) is 0 Å². The highest BCUT2D eigenvalue weighted by Gasteiger charge is 2.36. The highest BCUT2D eigenvalue weighted by atomic mass is 35.5. The summed E-state index contributed by atoms with van der Waals surface area (Å²) in [7, 11) is 3.39. The van der Waals surface area contributed by atoms with E-state index in [1.54, 1.807) is 36.2 Å². The molecular weight excluding hydrogens is 432 g/mol. The van der Waals surface area contributed by atoms with Crippen molar-refractivity contribution in [3.63, 3.8) is 0 Å². The Morgan fingerprint density at radius 2 is 2.03 bits per heavy atom. The van der Waals surface area contributed by atoms with E-state index in [9.17, 15) is 4.79 Å². The third kappa shape index (κ3) is 4.01. The number of carbonyl (C=O) groups excluding carboxylic acids is 1. The molecule has 2 saturated heterocycles. The first-order valence-electron chi connectivity index (χ1n) is 10.4. The summed E-state index contributed by atoms with van der Waals surface area (Å²) in [6.45, 7) is 1.26. The molecule has 0 spiro atoms. The largest absolute Gasteiger partial charge is 0.495 e. The van der Waals surface area contributed by atoms with Gasteiger partial charge < -0.3 is 19.7 Å². The number of methoxy groups -OCH3 is 1. The second-order valence-corrected chi connectivity index (χ2v) is 8.41. The van der Waals surface area contributed by atoms with Gasteiger partial charge in [0.1, 0.15) is 5.75 Å². The van der Waals surface area contributed by atoms with E-state index in [2.05, 4.69) is 20.4 Å². The molecule has 2 aliphatic heterocycles. The number of nitrogens with zero attached hydrogens (tertiary/aromatic N) is 5. The van der Waals surface area contributed by atoms with Gasteiger partial charge in [0.05, 0.1) is 48.1 Å². The maximum absolute atomic E-state index is 13.0. The number of nitrogens with one attached hydrogen (secondary N) is 1. The minimum atomic E-state index is -0.0170. The number of anilines is 2. The Balaban J connectivity index is 1.37. The average Bonchev–Trinajstić information content (AvgIpc) is 3.38. The molecule has 0 aliphatic carbocycles. The van der Waals surface area contributed by atoms with Crippen LogP contribution in [-0.4, -0.2) is 63.0 Å². The second-order valence-electron chi connectivity index (χ2n) is 8.00.